The second-order valence-corrected chi connectivity index (χ2v) is 7.45. The number of para-hydroxylation sites is 2. The Morgan fingerprint density at radius 3 is 2.38 bits per heavy atom. The van der Waals surface area contributed by atoms with Crippen molar-refractivity contribution in [2.45, 2.75) is 13.3 Å². The Hall–Kier alpha value is -4.47. The number of benzene rings is 3. The number of fused-ring (bicyclic) bond motifs is 1. The van der Waals surface area contributed by atoms with E-state index in [0.717, 1.165) is 12.1 Å². The van der Waals surface area contributed by atoms with Gasteiger partial charge >= 0.3 is 6.36 Å². The van der Waals surface area contributed by atoms with Gasteiger partial charge in [-0.1, -0.05) is 12.1 Å². The van der Waals surface area contributed by atoms with Crippen LogP contribution < -0.4 is 26.4 Å². The topological polar surface area (TPSA) is 105 Å². The maximum Gasteiger partial charge on any atom is 0.573 e. The van der Waals surface area contributed by atoms with Gasteiger partial charge in [0.2, 0.25) is 0 Å². The van der Waals surface area contributed by atoms with Crippen molar-refractivity contribution in [3.63, 3.8) is 0 Å². The Morgan fingerprint density at radius 2 is 1.71 bits per heavy atom. The Kier molecular flexibility index (Phi) is 5.89. The van der Waals surface area contributed by atoms with Gasteiger partial charge in [0, 0.05) is 28.2 Å². The summed E-state index contributed by atoms with van der Waals surface area (Å²) < 4.78 is 41.7. The molecule has 1 heterocycles. The lowest BCUT2D eigenvalue weighted by molar-refractivity contribution is -0.274. The average molecular weight is 468 g/mol. The fourth-order valence-corrected chi connectivity index (χ4v) is 3.51. The Labute approximate surface area is 192 Å². The van der Waals surface area contributed by atoms with Gasteiger partial charge in [0.05, 0.1) is 16.9 Å². The number of alkyl halides is 3. The normalized spacial score (nSPS) is 14.2. The summed E-state index contributed by atoms with van der Waals surface area (Å²) in [4.78, 5) is 24.9. The van der Waals surface area contributed by atoms with Gasteiger partial charge < -0.3 is 26.4 Å². The van der Waals surface area contributed by atoms with E-state index in [4.69, 9.17) is 5.73 Å². The zero-order chi connectivity index (χ0) is 24.5. The van der Waals surface area contributed by atoms with Crippen LogP contribution in [0.3, 0.4) is 0 Å². The first kappa shape index (κ1) is 22.7. The monoisotopic (exact) mass is 468 g/mol. The maximum atomic E-state index is 12.6. The third-order valence-corrected chi connectivity index (χ3v) is 5.03. The molecule has 34 heavy (non-hydrogen) atoms. The van der Waals surface area contributed by atoms with E-state index in [9.17, 15) is 22.8 Å². The summed E-state index contributed by atoms with van der Waals surface area (Å²) in [6.07, 6.45) is -4.85. The standard InChI is InChI=1S/C24H19F3N4O3/c1-13(21-17-12-16(34-24(25,26)27)10-11-19(17)30-23(21)33)29-15-8-6-14(7-9-15)22(32)31-20-5-3-2-4-18(20)28/h2-12,29H,28H2,1H3,(H,30,33)(H,31,32)/b21-13-. The number of nitrogen functional groups attached to an aromatic ring is 1. The molecular weight excluding hydrogens is 449 g/mol. The lowest BCUT2D eigenvalue weighted by Crippen LogP contribution is -2.17. The number of hydrogen-bond acceptors (Lipinski definition) is 5. The van der Waals surface area contributed by atoms with E-state index in [1.54, 1.807) is 55.5 Å². The van der Waals surface area contributed by atoms with Gasteiger partial charge in [-0.3, -0.25) is 9.59 Å². The first-order valence-electron chi connectivity index (χ1n) is 10.1. The van der Waals surface area contributed by atoms with Crippen LogP contribution >= 0.6 is 0 Å². The molecule has 0 saturated heterocycles. The number of carbonyl (C=O) groups is 2. The molecule has 5 N–H and O–H groups in total. The van der Waals surface area contributed by atoms with Gasteiger partial charge in [0.25, 0.3) is 11.8 Å². The molecule has 1 aliphatic heterocycles. The molecule has 0 atom stereocenters. The molecule has 0 fully saturated rings. The van der Waals surface area contributed by atoms with Crippen molar-refractivity contribution >= 4 is 40.1 Å². The van der Waals surface area contributed by atoms with Gasteiger partial charge in [-0.05, 0) is 61.5 Å². The van der Waals surface area contributed by atoms with Gasteiger partial charge in [-0.15, -0.1) is 13.2 Å². The highest BCUT2D eigenvalue weighted by Gasteiger charge is 2.33. The van der Waals surface area contributed by atoms with Crippen LogP contribution in [0.1, 0.15) is 22.8 Å². The van der Waals surface area contributed by atoms with E-state index in [-0.39, 0.29) is 17.0 Å². The fraction of sp³-hybridized carbons (Fsp3) is 0.0833. The molecule has 0 aliphatic carbocycles. The number of nitrogens with two attached hydrogens (primary N) is 1. The van der Waals surface area contributed by atoms with Crippen LogP contribution in [0.2, 0.25) is 0 Å². The molecule has 10 heteroatoms. The van der Waals surface area contributed by atoms with Crippen molar-refractivity contribution in [3.05, 3.63) is 83.6 Å². The van der Waals surface area contributed by atoms with Crippen molar-refractivity contribution in [2.24, 2.45) is 0 Å². The number of hydrogen-bond donors (Lipinski definition) is 4. The molecule has 4 rings (SSSR count). The van der Waals surface area contributed by atoms with Gasteiger partial charge in [-0.25, -0.2) is 0 Å². The largest absolute Gasteiger partial charge is 0.573 e. The molecule has 0 bridgehead atoms. The first-order chi connectivity index (χ1) is 16.1. The molecule has 0 spiro atoms. The number of carbonyl (C=O) groups excluding carboxylic acids is 2. The molecule has 1 aliphatic rings. The number of ether oxygens (including phenoxy) is 1. The van der Waals surface area contributed by atoms with E-state index in [0.29, 0.717) is 34.0 Å². The lowest BCUT2D eigenvalue weighted by atomic mass is 10.0. The predicted octanol–water partition coefficient (Wildman–Crippen LogP) is 5.21. The number of rotatable bonds is 5. The molecule has 0 aromatic heterocycles. The number of anilines is 4. The van der Waals surface area contributed by atoms with Crippen molar-refractivity contribution < 1.29 is 27.5 Å². The second kappa shape index (κ2) is 8.81. The zero-order valence-electron chi connectivity index (χ0n) is 17.8. The molecule has 174 valence electrons. The molecule has 0 radical (unpaired) electrons. The molecule has 0 saturated carbocycles. The summed E-state index contributed by atoms with van der Waals surface area (Å²) in [7, 11) is 0. The van der Waals surface area contributed by atoms with Gasteiger partial charge in [-0.2, -0.15) is 0 Å². The molecular formula is C24H19F3N4O3. The SMILES string of the molecule is C/C(Nc1ccc(C(=O)Nc2ccccc2N)cc1)=C1/C(=O)Nc2ccc(OC(F)(F)F)cc21. The van der Waals surface area contributed by atoms with Gasteiger partial charge in [0.1, 0.15) is 5.75 Å². The fourth-order valence-electron chi connectivity index (χ4n) is 3.51. The Balaban J connectivity index is 1.53. The molecule has 3 aromatic rings. The van der Waals surface area contributed by atoms with E-state index in [1.807, 2.05) is 0 Å². The Morgan fingerprint density at radius 1 is 1.00 bits per heavy atom. The van der Waals surface area contributed by atoms with Crippen LogP contribution in [0, 0.1) is 0 Å². The van der Waals surface area contributed by atoms with Crippen LogP contribution in [-0.2, 0) is 4.79 Å². The van der Waals surface area contributed by atoms with Crippen LogP contribution in [0.4, 0.5) is 35.9 Å². The molecule has 7 nitrogen and oxygen atoms in total. The summed E-state index contributed by atoms with van der Waals surface area (Å²) in [5.41, 5.74) is 9.00. The molecule has 3 aromatic carbocycles. The predicted molar refractivity (Wildman–Crippen MR) is 123 cm³/mol. The smallest absolute Gasteiger partial charge is 0.406 e. The number of allylic oxidation sites excluding steroid dienone is 1. The van der Waals surface area contributed by atoms with Gasteiger partial charge in [0.15, 0.2) is 0 Å². The van der Waals surface area contributed by atoms with E-state index >= 15 is 0 Å². The summed E-state index contributed by atoms with van der Waals surface area (Å²) in [5.74, 6) is -1.23. The van der Waals surface area contributed by atoms with Crippen molar-refractivity contribution in [3.8, 4) is 5.75 Å². The van der Waals surface area contributed by atoms with E-state index in [1.165, 1.54) is 6.07 Å². The highest BCUT2D eigenvalue weighted by atomic mass is 19.4. The highest BCUT2D eigenvalue weighted by molar-refractivity contribution is 6.32. The summed E-state index contributed by atoms with van der Waals surface area (Å²) in [5, 5.41) is 8.40. The first-order valence-corrected chi connectivity index (χ1v) is 10.1. The maximum absolute atomic E-state index is 12.6. The third kappa shape index (κ3) is 4.96. The lowest BCUT2D eigenvalue weighted by Gasteiger charge is -2.12. The number of amides is 2. The zero-order valence-corrected chi connectivity index (χ0v) is 17.8. The van der Waals surface area contributed by atoms with Crippen LogP contribution in [0.15, 0.2) is 72.4 Å². The van der Waals surface area contributed by atoms with Crippen molar-refractivity contribution in [1.82, 2.24) is 0 Å². The minimum absolute atomic E-state index is 0.184. The van der Waals surface area contributed by atoms with E-state index in [2.05, 4.69) is 20.7 Å². The second-order valence-electron chi connectivity index (χ2n) is 7.45. The third-order valence-electron chi connectivity index (χ3n) is 5.03. The van der Waals surface area contributed by atoms with Crippen molar-refractivity contribution in [2.75, 3.05) is 21.7 Å². The molecule has 0 unspecified atom stereocenters. The minimum Gasteiger partial charge on any atom is -0.406 e. The van der Waals surface area contributed by atoms with Crippen molar-refractivity contribution in [1.29, 1.82) is 0 Å². The summed E-state index contributed by atoms with van der Waals surface area (Å²) in [6, 6.07) is 17.0. The number of halogens is 3. The quantitative estimate of drug-likeness (QED) is 0.304. The van der Waals surface area contributed by atoms with Crippen LogP contribution in [0.25, 0.3) is 5.57 Å². The molecule has 2 amide bonds. The van der Waals surface area contributed by atoms with Crippen LogP contribution in [-0.4, -0.2) is 18.2 Å². The highest BCUT2D eigenvalue weighted by Crippen LogP contribution is 2.37. The average Bonchev–Trinajstić information content (AvgIpc) is 3.09. The van der Waals surface area contributed by atoms with E-state index < -0.39 is 18.0 Å². The summed E-state index contributed by atoms with van der Waals surface area (Å²) >= 11 is 0. The van der Waals surface area contributed by atoms with Crippen LogP contribution in [0.5, 0.6) is 5.75 Å². The minimum atomic E-state index is -4.85. The number of nitrogens with one attached hydrogen (secondary N) is 3. The summed E-state index contributed by atoms with van der Waals surface area (Å²) in [6.45, 7) is 1.63. The Bertz CT molecular complexity index is 1300.